The molecule has 82 valence electrons. The van der Waals surface area contributed by atoms with Gasteiger partial charge in [0.2, 0.25) is 5.88 Å². The highest BCUT2D eigenvalue weighted by atomic mass is 16.5. The van der Waals surface area contributed by atoms with Crippen molar-refractivity contribution in [2.45, 2.75) is 33.8 Å². The normalized spacial score (nSPS) is 11.9. The van der Waals surface area contributed by atoms with Crippen LogP contribution in [0.25, 0.3) is 0 Å². The first-order chi connectivity index (χ1) is 7.06. The highest BCUT2D eigenvalue weighted by molar-refractivity contribution is 5.97. The van der Waals surface area contributed by atoms with E-state index in [1.54, 1.807) is 6.92 Å². The topological polar surface area (TPSA) is 67.6 Å². The van der Waals surface area contributed by atoms with Gasteiger partial charge in [-0.05, 0) is 27.7 Å². The van der Waals surface area contributed by atoms with Crippen molar-refractivity contribution in [3.8, 4) is 5.88 Å². The van der Waals surface area contributed by atoms with Crippen LogP contribution in [0.5, 0.6) is 5.88 Å². The number of nitrogens with zero attached hydrogens (tertiary/aromatic N) is 3. The maximum Gasteiger partial charge on any atom is 0.220 e. The SMILES string of the molecule is CC(=NO)c1ncnc(OC(C)C)c1C. The van der Waals surface area contributed by atoms with Gasteiger partial charge in [0.15, 0.2) is 0 Å². The second-order valence-corrected chi connectivity index (χ2v) is 3.50. The second-order valence-electron chi connectivity index (χ2n) is 3.50. The molecule has 0 saturated carbocycles. The van der Waals surface area contributed by atoms with Gasteiger partial charge in [0.25, 0.3) is 0 Å². The average molecular weight is 209 g/mol. The van der Waals surface area contributed by atoms with Gasteiger partial charge in [-0.15, -0.1) is 0 Å². The predicted octanol–water partition coefficient (Wildman–Crippen LogP) is 1.77. The van der Waals surface area contributed by atoms with Crippen LogP contribution >= 0.6 is 0 Å². The van der Waals surface area contributed by atoms with Gasteiger partial charge >= 0.3 is 0 Å². The summed E-state index contributed by atoms with van der Waals surface area (Å²) in [5.41, 5.74) is 1.83. The number of hydrogen-bond acceptors (Lipinski definition) is 5. The Kier molecular flexibility index (Phi) is 3.60. The molecule has 15 heavy (non-hydrogen) atoms. The number of rotatable bonds is 3. The number of hydrogen-bond donors (Lipinski definition) is 1. The number of ether oxygens (including phenoxy) is 1. The van der Waals surface area contributed by atoms with Crippen LogP contribution < -0.4 is 4.74 Å². The van der Waals surface area contributed by atoms with E-state index in [9.17, 15) is 0 Å². The Morgan fingerprint density at radius 2 is 2.13 bits per heavy atom. The quantitative estimate of drug-likeness (QED) is 0.468. The first-order valence-electron chi connectivity index (χ1n) is 4.73. The van der Waals surface area contributed by atoms with Crippen molar-refractivity contribution in [2.24, 2.45) is 5.16 Å². The summed E-state index contributed by atoms with van der Waals surface area (Å²) in [6.45, 7) is 7.36. The Hall–Kier alpha value is -1.65. The van der Waals surface area contributed by atoms with Gasteiger partial charge < -0.3 is 9.94 Å². The van der Waals surface area contributed by atoms with Crippen LogP contribution in [0.15, 0.2) is 11.5 Å². The summed E-state index contributed by atoms with van der Waals surface area (Å²) in [5.74, 6) is 0.526. The molecule has 1 aromatic rings. The van der Waals surface area contributed by atoms with Gasteiger partial charge in [-0.1, -0.05) is 5.16 Å². The van der Waals surface area contributed by atoms with Crippen LogP contribution in [-0.2, 0) is 0 Å². The van der Waals surface area contributed by atoms with E-state index < -0.39 is 0 Å². The molecule has 0 aliphatic rings. The minimum absolute atomic E-state index is 0.0535. The standard InChI is InChI=1S/C10H15N3O2/c1-6(2)15-10-7(3)9(8(4)13-14)11-5-12-10/h5-6,14H,1-4H3. The Morgan fingerprint density at radius 3 is 2.67 bits per heavy atom. The fourth-order valence-corrected chi connectivity index (χ4v) is 1.19. The third kappa shape index (κ3) is 2.65. The molecule has 0 aromatic carbocycles. The van der Waals surface area contributed by atoms with Gasteiger partial charge in [-0.2, -0.15) is 0 Å². The number of oxime groups is 1. The van der Waals surface area contributed by atoms with Crippen LogP contribution in [-0.4, -0.2) is 27.0 Å². The van der Waals surface area contributed by atoms with Crippen molar-refractivity contribution < 1.29 is 9.94 Å². The maximum absolute atomic E-state index is 8.67. The molecule has 5 nitrogen and oxygen atoms in total. The zero-order valence-corrected chi connectivity index (χ0v) is 9.35. The van der Waals surface area contributed by atoms with Gasteiger partial charge in [0.05, 0.1) is 11.8 Å². The van der Waals surface area contributed by atoms with Gasteiger partial charge in [0, 0.05) is 5.56 Å². The lowest BCUT2D eigenvalue weighted by molar-refractivity contribution is 0.230. The van der Waals surface area contributed by atoms with E-state index in [2.05, 4.69) is 15.1 Å². The Labute approximate surface area is 88.8 Å². The summed E-state index contributed by atoms with van der Waals surface area (Å²) in [6, 6.07) is 0. The lowest BCUT2D eigenvalue weighted by Crippen LogP contribution is -2.11. The third-order valence-electron chi connectivity index (χ3n) is 1.88. The first-order valence-corrected chi connectivity index (χ1v) is 4.73. The molecule has 1 rings (SSSR count). The molecule has 0 saturated heterocycles. The molecular formula is C10H15N3O2. The summed E-state index contributed by atoms with van der Waals surface area (Å²) < 4.78 is 5.49. The maximum atomic E-state index is 8.67. The fraction of sp³-hybridized carbons (Fsp3) is 0.500. The molecular weight excluding hydrogens is 194 g/mol. The molecule has 1 aromatic heterocycles. The van der Waals surface area contributed by atoms with Gasteiger partial charge in [0.1, 0.15) is 12.0 Å². The molecule has 0 atom stereocenters. The summed E-state index contributed by atoms with van der Waals surface area (Å²) >= 11 is 0. The summed E-state index contributed by atoms with van der Waals surface area (Å²) in [4.78, 5) is 8.06. The van der Waals surface area contributed by atoms with Crippen LogP contribution in [0.4, 0.5) is 0 Å². The second kappa shape index (κ2) is 4.72. The highest BCUT2D eigenvalue weighted by Crippen LogP contribution is 2.17. The van der Waals surface area contributed by atoms with E-state index in [0.29, 0.717) is 17.3 Å². The van der Waals surface area contributed by atoms with Crippen LogP contribution in [0, 0.1) is 6.92 Å². The minimum atomic E-state index is 0.0535. The van der Waals surface area contributed by atoms with Crippen molar-refractivity contribution in [3.05, 3.63) is 17.6 Å². The average Bonchev–Trinajstić information content (AvgIpc) is 2.19. The zero-order valence-electron chi connectivity index (χ0n) is 9.35. The lowest BCUT2D eigenvalue weighted by atomic mass is 10.2. The van der Waals surface area contributed by atoms with E-state index >= 15 is 0 Å². The van der Waals surface area contributed by atoms with E-state index in [1.165, 1.54) is 6.33 Å². The minimum Gasteiger partial charge on any atom is -0.475 e. The summed E-state index contributed by atoms with van der Waals surface area (Å²) in [7, 11) is 0. The smallest absolute Gasteiger partial charge is 0.220 e. The Bertz CT molecular complexity index is 375. The first kappa shape index (κ1) is 11.4. The largest absolute Gasteiger partial charge is 0.475 e. The van der Waals surface area contributed by atoms with Crippen LogP contribution in [0.1, 0.15) is 32.0 Å². The molecule has 0 fully saturated rings. The van der Waals surface area contributed by atoms with Crippen molar-refractivity contribution in [2.75, 3.05) is 0 Å². The zero-order chi connectivity index (χ0) is 11.4. The van der Waals surface area contributed by atoms with Crippen LogP contribution in [0.2, 0.25) is 0 Å². The molecule has 0 amide bonds. The van der Waals surface area contributed by atoms with Crippen molar-refractivity contribution in [3.63, 3.8) is 0 Å². The molecule has 0 unspecified atom stereocenters. The monoisotopic (exact) mass is 209 g/mol. The fourth-order valence-electron chi connectivity index (χ4n) is 1.19. The molecule has 1 N–H and O–H groups in total. The predicted molar refractivity (Wildman–Crippen MR) is 56.5 cm³/mol. The third-order valence-corrected chi connectivity index (χ3v) is 1.88. The summed E-state index contributed by atoms with van der Waals surface area (Å²) in [5, 5.41) is 11.8. The van der Waals surface area contributed by atoms with E-state index in [1.807, 2.05) is 20.8 Å². The molecule has 0 aliphatic carbocycles. The molecule has 5 heteroatoms. The van der Waals surface area contributed by atoms with Crippen molar-refractivity contribution in [1.82, 2.24) is 9.97 Å². The van der Waals surface area contributed by atoms with Gasteiger partial charge in [-0.25, -0.2) is 9.97 Å². The lowest BCUT2D eigenvalue weighted by Gasteiger charge is -2.12. The molecule has 0 radical (unpaired) electrons. The van der Waals surface area contributed by atoms with Gasteiger partial charge in [-0.3, -0.25) is 0 Å². The van der Waals surface area contributed by atoms with E-state index in [0.717, 1.165) is 5.56 Å². The molecule has 1 heterocycles. The highest BCUT2D eigenvalue weighted by Gasteiger charge is 2.11. The van der Waals surface area contributed by atoms with Crippen LogP contribution in [0.3, 0.4) is 0 Å². The Morgan fingerprint density at radius 1 is 1.47 bits per heavy atom. The van der Waals surface area contributed by atoms with Crippen molar-refractivity contribution >= 4 is 5.71 Å². The molecule has 0 bridgehead atoms. The van der Waals surface area contributed by atoms with Crippen molar-refractivity contribution in [1.29, 1.82) is 0 Å². The van der Waals surface area contributed by atoms with E-state index in [-0.39, 0.29) is 6.10 Å². The number of aromatic nitrogens is 2. The Balaban J connectivity index is 3.11. The van der Waals surface area contributed by atoms with E-state index in [4.69, 9.17) is 9.94 Å². The summed E-state index contributed by atoms with van der Waals surface area (Å²) in [6.07, 6.45) is 1.45. The molecule has 0 spiro atoms. The molecule has 0 aliphatic heterocycles.